The number of sulfone groups is 1. The third-order valence-corrected chi connectivity index (χ3v) is 7.45. The highest BCUT2D eigenvalue weighted by Crippen LogP contribution is 2.31. The van der Waals surface area contributed by atoms with Crippen LogP contribution in [0.3, 0.4) is 0 Å². The molecular weight excluding hydrogens is 430 g/mol. The molecule has 29 heavy (non-hydrogen) atoms. The van der Waals surface area contributed by atoms with E-state index in [4.69, 9.17) is 11.6 Å². The Kier molecular flexibility index (Phi) is 6.58. The second-order valence-electron chi connectivity index (χ2n) is 6.80. The van der Waals surface area contributed by atoms with Crippen molar-refractivity contribution in [1.29, 1.82) is 0 Å². The summed E-state index contributed by atoms with van der Waals surface area (Å²) in [6.07, 6.45) is 0. The summed E-state index contributed by atoms with van der Waals surface area (Å²) in [6, 6.07) is 11.5. The van der Waals surface area contributed by atoms with E-state index >= 15 is 0 Å². The van der Waals surface area contributed by atoms with Gasteiger partial charge in [-0.05, 0) is 56.6 Å². The number of rotatable bonds is 7. The zero-order valence-corrected chi connectivity index (χ0v) is 18.8. The summed E-state index contributed by atoms with van der Waals surface area (Å²) < 4.78 is 24.9. The largest absolute Gasteiger partial charge is 0.308 e. The van der Waals surface area contributed by atoms with Gasteiger partial charge in [-0.1, -0.05) is 29.9 Å². The lowest BCUT2D eigenvalue weighted by Crippen LogP contribution is -2.36. The van der Waals surface area contributed by atoms with Gasteiger partial charge in [0.05, 0.1) is 20.9 Å². The van der Waals surface area contributed by atoms with Gasteiger partial charge in [0, 0.05) is 23.7 Å². The van der Waals surface area contributed by atoms with Crippen molar-refractivity contribution < 1.29 is 13.2 Å². The van der Waals surface area contributed by atoms with Gasteiger partial charge in [-0.3, -0.25) is 9.69 Å². The Hall–Kier alpha value is -2.00. The Labute approximate surface area is 179 Å². The van der Waals surface area contributed by atoms with E-state index in [0.717, 1.165) is 10.2 Å². The van der Waals surface area contributed by atoms with E-state index in [1.54, 1.807) is 30.0 Å². The normalized spacial score (nSPS) is 11.9. The van der Waals surface area contributed by atoms with E-state index in [0.29, 0.717) is 28.8 Å². The predicted octanol–water partition coefficient (Wildman–Crippen LogP) is 3.95. The molecule has 0 spiro atoms. The van der Waals surface area contributed by atoms with Crippen LogP contribution in [0.25, 0.3) is 10.2 Å². The van der Waals surface area contributed by atoms with Crippen LogP contribution in [0.2, 0.25) is 5.02 Å². The van der Waals surface area contributed by atoms with Crippen LogP contribution >= 0.6 is 22.9 Å². The lowest BCUT2D eigenvalue weighted by molar-refractivity contribution is 0.0985. The highest BCUT2D eigenvalue weighted by atomic mass is 35.5. The summed E-state index contributed by atoms with van der Waals surface area (Å²) in [5, 5.41) is 1.20. The van der Waals surface area contributed by atoms with Crippen molar-refractivity contribution >= 4 is 54.0 Å². The van der Waals surface area contributed by atoms with Crippen LogP contribution in [0.5, 0.6) is 0 Å². The second kappa shape index (κ2) is 8.79. The van der Waals surface area contributed by atoms with E-state index < -0.39 is 9.84 Å². The smallest absolute Gasteiger partial charge is 0.260 e. The van der Waals surface area contributed by atoms with Gasteiger partial charge < -0.3 is 4.90 Å². The Morgan fingerprint density at radius 1 is 1.10 bits per heavy atom. The van der Waals surface area contributed by atoms with Crippen molar-refractivity contribution in [2.45, 2.75) is 11.8 Å². The molecule has 0 unspecified atom stereocenters. The van der Waals surface area contributed by atoms with Gasteiger partial charge in [0.1, 0.15) is 0 Å². The average Bonchev–Trinajstić information content (AvgIpc) is 3.10. The number of carbonyl (C=O) groups excluding carboxylic acids is 1. The zero-order valence-electron chi connectivity index (χ0n) is 16.4. The molecular formula is C20H22ClN3O3S2. The van der Waals surface area contributed by atoms with Crippen LogP contribution in [0.4, 0.5) is 5.13 Å². The molecule has 2 aromatic carbocycles. The van der Waals surface area contributed by atoms with Gasteiger partial charge in [-0.25, -0.2) is 13.4 Å². The second-order valence-corrected chi connectivity index (χ2v) is 10.5. The number of amides is 1. The minimum atomic E-state index is -3.31. The summed E-state index contributed by atoms with van der Waals surface area (Å²) in [7, 11) is 0.561. The third kappa shape index (κ3) is 4.95. The van der Waals surface area contributed by atoms with Gasteiger partial charge in [-0.2, -0.15) is 0 Å². The van der Waals surface area contributed by atoms with E-state index in [2.05, 4.69) is 4.98 Å². The summed E-state index contributed by atoms with van der Waals surface area (Å²) in [5.41, 5.74) is 1.19. The molecule has 3 aromatic rings. The van der Waals surface area contributed by atoms with Crippen molar-refractivity contribution in [3.8, 4) is 0 Å². The van der Waals surface area contributed by atoms with Crippen molar-refractivity contribution in [2.75, 3.05) is 37.8 Å². The molecule has 0 radical (unpaired) electrons. The summed E-state index contributed by atoms with van der Waals surface area (Å²) >= 11 is 7.48. The number of halogens is 1. The first-order valence-electron chi connectivity index (χ1n) is 9.07. The van der Waals surface area contributed by atoms with Crippen LogP contribution in [0.15, 0.2) is 47.4 Å². The molecule has 0 N–H and O–H groups in total. The van der Waals surface area contributed by atoms with Crippen molar-refractivity contribution in [1.82, 2.24) is 9.88 Å². The molecule has 154 valence electrons. The Bertz CT molecular complexity index is 1130. The van der Waals surface area contributed by atoms with Gasteiger partial charge in [-0.15, -0.1) is 0 Å². The first-order valence-corrected chi connectivity index (χ1v) is 11.9. The number of aromatic nitrogens is 1. The molecule has 3 rings (SSSR count). The topological polar surface area (TPSA) is 70.6 Å². The van der Waals surface area contributed by atoms with Crippen molar-refractivity contribution in [2.24, 2.45) is 0 Å². The third-order valence-electron chi connectivity index (χ3n) is 4.43. The average molecular weight is 452 g/mol. The highest BCUT2D eigenvalue weighted by Gasteiger charge is 2.22. The highest BCUT2D eigenvalue weighted by molar-refractivity contribution is 7.91. The monoisotopic (exact) mass is 451 g/mol. The molecule has 1 aromatic heterocycles. The molecule has 6 nitrogen and oxygen atoms in total. The first-order chi connectivity index (χ1) is 13.7. The van der Waals surface area contributed by atoms with E-state index in [9.17, 15) is 13.2 Å². The van der Waals surface area contributed by atoms with Gasteiger partial charge in [0.2, 0.25) is 0 Å². The molecule has 0 atom stereocenters. The molecule has 0 fully saturated rings. The number of fused-ring (bicyclic) bond motifs is 1. The molecule has 0 aliphatic rings. The lowest BCUT2D eigenvalue weighted by Gasteiger charge is -2.22. The summed E-state index contributed by atoms with van der Waals surface area (Å²) in [5.74, 6) is -0.207. The molecule has 0 saturated carbocycles. The van der Waals surface area contributed by atoms with E-state index in [1.807, 2.05) is 31.1 Å². The minimum absolute atomic E-state index is 0.0174. The fourth-order valence-electron chi connectivity index (χ4n) is 2.71. The predicted molar refractivity (Wildman–Crippen MR) is 119 cm³/mol. The quantitative estimate of drug-likeness (QED) is 0.544. The number of benzene rings is 2. The maximum Gasteiger partial charge on any atom is 0.260 e. The SMILES string of the molecule is CCS(=O)(=O)c1ccc(C(=O)N(CCN(C)C)c2nc3ccc(Cl)cc3s2)cc1. The maximum absolute atomic E-state index is 13.2. The van der Waals surface area contributed by atoms with E-state index in [-0.39, 0.29) is 16.6 Å². The number of likely N-dealkylation sites (N-methyl/N-ethyl adjacent to an activating group) is 1. The summed E-state index contributed by atoms with van der Waals surface area (Å²) in [4.78, 5) is 21.7. The maximum atomic E-state index is 13.2. The Balaban J connectivity index is 1.96. The van der Waals surface area contributed by atoms with Gasteiger partial charge in [0.25, 0.3) is 5.91 Å². The van der Waals surface area contributed by atoms with Gasteiger partial charge in [0.15, 0.2) is 15.0 Å². The standard InChI is InChI=1S/C20H22ClN3O3S2/c1-4-29(26,27)16-8-5-14(6-9-16)19(25)24(12-11-23(2)3)20-22-17-10-7-15(21)13-18(17)28-20/h5-10,13H,4,11-12H2,1-3H3. The number of hydrogen-bond donors (Lipinski definition) is 0. The fourth-order valence-corrected chi connectivity index (χ4v) is 4.86. The lowest BCUT2D eigenvalue weighted by atomic mass is 10.2. The molecule has 1 amide bonds. The number of carbonyl (C=O) groups is 1. The van der Waals surface area contributed by atoms with Crippen LogP contribution in [-0.2, 0) is 9.84 Å². The molecule has 9 heteroatoms. The molecule has 0 bridgehead atoms. The first kappa shape index (κ1) is 21.7. The number of nitrogens with zero attached hydrogens (tertiary/aromatic N) is 3. The van der Waals surface area contributed by atoms with Crippen molar-refractivity contribution in [3.05, 3.63) is 53.1 Å². The minimum Gasteiger partial charge on any atom is -0.308 e. The van der Waals surface area contributed by atoms with Crippen LogP contribution in [-0.4, -0.2) is 57.1 Å². The van der Waals surface area contributed by atoms with Crippen LogP contribution < -0.4 is 4.90 Å². The Morgan fingerprint density at radius 3 is 2.41 bits per heavy atom. The molecule has 0 saturated heterocycles. The number of anilines is 1. The Morgan fingerprint density at radius 2 is 1.79 bits per heavy atom. The van der Waals surface area contributed by atoms with Gasteiger partial charge >= 0.3 is 0 Å². The number of hydrogen-bond acceptors (Lipinski definition) is 6. The van der Waals surface area contributed by atoms with Crippen molar-refractivity contribution in [3.63, 3.8) is 0 Å². The van der Waals surface area contributed by atoms with E-state index in [1.165, 1.54) is 23.5 Å². The van der Waals surface area contributed by atoms with Crippen LogP contribution in [0.1, 0.15) is 17.3 Å². The fraction of sp³-hybridized carbons (Fsp3) is 0.300. The molecule has 0 aliphatic heterocycles. The molecule has 1 heterocycles. The summed E-state index contributed by atoms with van der Waals surface area (Å²) in [6.45, 7) is 2.70. The molecule has 0 aliphatic carbocycles. The zero-order chi connectivity index (χ0) is 21.2. The van der Waals surface area contributed by atoms with Crippen LogP contribution in [0, 0.1) is 0 Å². The number of thiazole rings is 1.